The second-order valence-electron chi connectivity index (χ2n) is 6.81. The van der Waals surface area contributed by atoms with Gasteiger partial charge in [0.25, 0.3) is 5.91 Å². The summed E-state index contributed by atoms with van der Waals surface area (Å²) in [5.41, 5.74) is 5.09. The summed E-state index contributed by atoms with van der Waals surface area (Å²) in [6.07, 6.45) is 3.32. The quantitative estimate of drug-likeness (QED) is 0.605. The summed E-state index contributed by atoms with van der Waals surface area (Å²) in [7, 11) is 0. The zero-order valence-electron chi connectivity index (χ0n) is 16.3. The lowest BCUT2D eigenvalue weighted by molar-refractivity contribution is -0.147. The van der Waals surface area contributed by atoms with Gasteiger partial charge in [0.2, 0.25) is 0 Å². The van der Waals surface area contributed by atoms with E-state index in [2.05, 4.69) is 12.2 Å². The molecule has 3 rings (SSSR count). The highest BCUT2D eigenvalue weighted by atomic mass is 16.5. The Kier molecular flexibility index (Phi) is 6.48. The molecule has 2 aromatic carbocycles. The molecule has 0 aliphatic heterocycles. The number of amides is 1. The molecule has 1 heterocycles. The first kappa shape index (κ1) is 19.7. The molecular formula is C23H25NO4. The van der Waals surface area contributed by atoms with Gasteiger partial charge < -0.3 is 14.5 Å². The number of carbonyl (C=O) groups excluding carboxylic acids is 2. The van der Waals surface area contributed by atoms with Crippen molar-refractivity contribution < 1.29 is 18.7 Å². The van der Waals surface area contributed by atoms with Gasteiger partial charge in [0.1, 0.15) is 5.58 Å². The second kappa shape index (κ2) is 9.22. The Morgan fingerprint density at radius 3 is 2.71 bits per heavy atom. The van der Waals surface area contributed by atoms with Crippen molar-refractivity contribution in [2.75, 3.05) is 13.2 Å². The molecule has 0 spiro atoms. The molecule has 5 nitrogen and oxygen atoms in total. The molecule has 1 N–H and O–H groups in total. The number of furan rings is 1. The molecule has 0 aliphatic carbocycles. The van der Waals surface area contributed by atoms with Gasteiger partial charge in [-0.15, -0.1) is 0 Å². The van der Waals surface area contributed by atoms with Crippen LogP contribution in [-0.4, -0.2) is 25.0 Å². The van der Waals surface area contributed by atoms with Crippen LogP contribution in [0, 0.1) is 6.92 Å². The van der Waals surface area contributed by atoms with Crippen LogP contribution in [-0.2, 0) is 33.6 Å². The fourth-order valence-electron chi connectivity index (χ4n) is 3.12. The van der Waals surface area contributed by atoms with Gasteiger partial charge in [0.05, 0.1) is 12.7 Å². The van der Waals surface area contributed by atoms with Crippen molar-refractivity contribution in [1.82, 2.24) is 5.32 Å². The fraction of sp³-hybridized carbons (Fsp3) is 0.304. The maximum absolute atomic E-state index is 12.1. The number of aryl methyl sites for hydroxylation is 2. The maximum atomic E-state index is 12.1. The van der Waals surface area contributed by atoms with E-state index in [4.69, 9.17) is 9.15 Å². The number of benzene rings is 2. The number of esters is 1. The van der Waals surface area contributed by atoms with Crippen molar-refractivity contribution in [1.29, 1.82) is 0 Å². The summed E-state index contributed by atoms with van der Waals surface area (Å²) in [6, 6.07) is 14.0. The van der Waals surface area contributed by atoms with E-state index in [-0.39, 0.29) is 18.9 Å². The minimum Gasteiger partial charge on any atom is -0.464 e. The molecule has 0 saturated heterocycles. The van der Waals surface area contributed by atoms with Crippen LogP contribution in [0.3, 0.4) is 0 Å². The molecule has 0 fully saturated rings. The van der Waals surface area contributed by atoms with Crippen molar-refractivity contribution in [2.45, 2.75) is 33.1 Å². The van der Waals surface area contributed by atoms with Gasteiger partial charge in [-0.3, -0.25) is 9.59 Å². The third-order valence-corrected chi connectivity index (χ3v) is 4.81. The number of nitrogens with one attached hydrogen (secondary N) is 1. The molecule has 0 atom stereocenters. The number of rotatable bonds is 8. The van der Waals surface area contributed by atoms with Gasteiger partial charge in [-0.25, -0.2) is 0 Å². The zero-order valence-corrected chi connectivity index (χ0v) is 16.3. The largest absolute Gasteiger partial charge is 0.464 e. The van der Waals surface area contributed by atoms with E-state index >= 15 is 0 Å². The Morgan fingerprint density at radius 2 is 1.93 bits per heavy atom. The van der Waals surface area contributed by atoms with Gasteiger partial charge in [0, 0.05) is 17.5 Å². The standard InChI is InChI=1S/C23H25NO4/c1-3-17-8-9-20-19(14-27-21(20)12-17)13-23(26)28-15-22(25)24-11-10-18-7-5-4-6-16(18)2/h4-9,12,14H,3,10-11,13,15H2,1-2H3,(H,24,25). The van der Waals surface area contributed by atoms with Gasteiger partial charge in [-0.05, 0) is 42.5 Å². The summed E-state index contributed by atoms with van der Waals surface area (Å²) in [6.45, 7) is 4.35. The zero-order chi connectivity index (χ0) is 19.9. The summed E-state index contributed by atoms with van der Waals surface area (Å²) in [5.74, 6) is -0.747. The number of fused-ring (bicyclic) bond motifs is 1. The Balaban J connectivity index is 1.44. The topological polar surface area (TPSA) is 68.5 Å². The smallest absolute Gasteiger partial charge is 0.310 e. The summed E-state index contributed by atoms with van der Waals surface area (Å²) in [4.78, 5) is 24.0. The molecular weight excluding hydrogens is 354 g/mol. The molecule has 3 aromatic rings. The van der Waals surface area contributed by atoms with Crippen LogP contribution in [0.5, 0.6) is 0 Å². The first-order valence-electron chi connectivity index (χ1n) is 9.52. The van der Waals surface area contributed by atoms with Crippen LogP contribution in [0.4, 0.5) is 0 Å². The van der Waals surface area contributed by atoms with Crippen LogP contribution in [0.2, 0.25) is 0 Å². The maximum Gasteiger partial charge on any atom is 0.310 e. The average molecular weight is 379 g/mol. The third-order valence-electron chi connectivity index (χ3n) is 4.81. The minimum absolute atomic E-state index is 0.0783. The predicted octanol–water partition coefficient (Wildman–Crippen LogP) is 3.75. The van der Waals surface area contributed by atoms with E-state index in [0.717, 1.165) is 29.4 Å². The van der Waals surface area contributed by atoms with Crippen molar-refractivity contribution in [3.63, 3.8) is 0 Å². The molecule has 1 aromatic heterocycles. The average Bonchev–Trinajstić information content (AvgIpc) is 3.09. The van der Waals surface area contributed by atoms with Crippen LogP contribution in [0.15, 0.2) is 53.1 Å². The van der Waals surface area contributed by atoms with E-state index in [1.54, 1.807) is 6.26 Å². The summed E-state index contributed by atoms with van der Waals surface area (Å²) >= 11 is 0. The Hall–Kier alpha value is -3.08. The fourth-order valence-corrected chi connectivity index (χ4v) is 3.12. The first-order valence-corrected chi connectivity index (χ1v) is 9.52. The third kappa shape index (κ3) is 5.00. The molecule has 0 aliphatic rings. The highest BCUT2D eigenvalue weighted by Crippen LogP contribution is 2.23. The molecule has 0 saturated carbocycles. The van der Waals surface area contributed by atoms with Crippen LogP contribution in [0.25, 0.3) is 11.0 Å². The van der Waals surface area contributed by atoms with Crippen molar-refractivity contribution in [2.24, 2.45) is 0 Å². The highest BCUT2D eigenvalue weighted by molar-refractivity contribution is 5.87. The van der Waals surface area contributed by atoms with Gasteiger partial charge in [-0.1, -0.05) is 43.3 Å². The van der Waals surface area contributed by atoms with E-state index in [0.29, 0.717) is 6.54 Å². The summed E-state index contributed by atoms with van der Waals surface area (Å²) < 4.78 is 10.6. The van der Waals surface area contributed by atoms with Crippen LogP contribution >= 0.6 is 0 Å². The van der Waals surface area contributed by atoms with Crippen LogP contribution < -0.4 is 5.32 Å². The van der Waals surface area contributed by atoms with Crippen molar-refractivity contribution >= 4 is 22.8 Å². The number of carbonyl (C=O) groups is 2. The van der Waals surface area contributed by atoms with E-state index in [9.17, 15) is 9.59 Å². The molecule has 28 heavy (non-hydrogen) atoms. The number of ether oxygens (including phenoxy) is 1. The number of hydrogen-bond donors (Lipinski definition) is 1. The lowest BCUT2D eigenvalue weighted by Gasteiger charge is -2.08. The minimum atomic E-state index is -0.448. The highest BCUT2D eigenvalue weighted by Gasteiger charge is 2.13. The monoisotopic (exact) mass is 379 g/mol. The molecule has 1 amide bonds. The molecule has 0 bridgehead atoms. The predicted molar refractivity (Wildman–Crippen MR) is 108 cm³/mol. The second-order valence-corrected chi connectivity index (χ2v) is 6.81. The molecule has 146 valence electrons. The number of hydrogen-bond acceptors (Lipinski definition) is 4. The molecule has 0 unspecified atom stereocenters. The van der Waals surface area contributed by atoms with Gasteiger partial charge in [-0.2, -0.15) is 0 Å². The Labute approximate surface area is 164 Å². The van der Waals surface area contributed by atoms with Gasteiger partial charge >= 0.3 is 5.97 Å². The van der Waals surface area contributed by atoms with E-state index < -0.39 is 5.97 Å². The molecule has 5 heteroatoms. The first-order chi connectivity index (χ1) is 13.6. The van der Waals surface area contributed by atoms with E-state index in [1.807, 2.05) is 49.4 Å². The Morgan fingerprint density at radius 1 is 1.11 bits per heavy atom. The van der Waals surface area contributed by atoms with Crippen molar-refractivity contribution in [3.8, 4) is 0 Å². The normalized spacial score (nSPS) is 10.8. The molecule has 0 radical (unpaired) electrons. The SMILES string of the molecule is CCc1ccc2c(CC(=O)OCC(=O)NCCc3ccccc3C)coc2c1. The van der Waals surface area contributed by atoms with Gasteiger partial charge in [0.15, 0.2) is 6.61 Å². The lowest BCUT2D eigenvalue weighted by atomic mass is 10.1. The van der Waals surface area contributed by atoms with Crippen LogP contribution in [0.1, 0.15) is 29.2 Å². The lowest BCUT2D eigenvalue weighted by Crippen LogP contribution is -2.30. The van der Waals surface area contributed by atoms with Crippen molar-refractivity contribution in [3.05, 3.63) is 71.0 Å². The van der Waals surface area contributed by atoms with E-state index in [1.165, 1.54) is 16.7 Å². The Bertz CT molecular complexity index is 974. The summed E-state index contributed by atoms with van der Waals surface area (Å²) in [5, 5.41) is 3.68.